The van der Waals surface area contributed by atoms with Gasteiger partial charge in [-0.3, -0.25) is 4.79 Å². The van der Waals surface area contributed by atoms with E-state index in [4.69, 9.17) is 4.74 Å². The number of rotatable bonds is 4. The van der Waals surface area contributed by atoms with Crippen molar-refractivity contribution in [2.24, 2.45) is 0 Å². The van der Waals surface area contributed by atoms with Gasteiger partial charge in [0.15, 0.2) is 0 Å². The minimum absolute atomic E-state index is 0.0198. The van der Waals surface area contributed by atoms with E-state index in [1.807, 2.05) is 0 Å². The average molecular weight is 276 g/mol. The summed E-state index contributed by atoms with van der Waals surface area (Å²) in [6.07, 6.45) is 3.07. The highest BCUT2D eigenvalue weighted by Crippen LogP contribution is 2.13. The molecule has 1 amide bonds. The average Bonchev–Trinajstić information content (AvgIpc) is 2.49. The van der Waals surface area contributed by atoms with E-state index in [1.165, 1.54) is 0 Å². The highest BCUT2D eigenvalue weighted by atomic mass is 16.5. The zero-order chi connectivity index (χ0) is 14.4. The van der Waals surface area contributed by atoms with Gasteiger partial charge in [0, 0.05) is 5.69 Å². The number of ether oxygens (including phenoxy) is 1. The zero-order valence-electron chi connectivity index (χ0n) is 11.6. The van der Waals surface area contributed by atoms with E-state index < -0.39 is 0 Å². The van der Waals surface area contributed by atoms with Crippen LogP contribution in [0.4, 0.5) is 5.69 Å². The van der Waals surface area contributed by atoms with Crippen molar-refractivity contribution in [1.82, 2.24) is 5.32 Å². The van der Waals surface area contributed by atoms with Crippen LogP contribution in [-0.2, 0) is 9.53 Å². The quantitative estimate of drug-likeness (QED) is 0.825. The maximum Gasteiger partial charge on any atom is 0.338 e. The molecule has 1 atom stereocenters. The van der Waals surface area contributed by atoms with Crippen LogP contribution in [0.5, 0.6) is 0 Å². The second-order valence-electron chi connectivity index (χ2n) is 4.79. The fourth-order valence-electron chi connectivity index (χ4n) is 2.21. The van der Waals surface area contributed by atoms with E-state index in [2.05, 4.69) is 10.6 Å². The van der Waals surface area contributed by atoms with Crippen LogP contribution < -0.4 is 10.6 Å². The van der Waals surface area contributed by atoms with Crippen molar-refractivity contribution in [3.63, 3.8) is 0 Å². The van der Waals surface area contributed by atoms with Crippen molar-refractivity contribution < 1.29 is 14.3 Å². The number of esters is 1. The zero-order valence-corrected chi connectivity index (χ0v) is 11.6. The van der Waals surface area contributed by atoms with Crippen molar-refractivity contribution in [3.05, 3.63) is 29.8 Å². The molecule has 0 bridgehead atoms. The van der Waals surface area contributed by atoms with Crippen molar-refractivity contribution in [3.8, 4) is 0 Å². The van der Waals surface area contributed by atoms with Crippen molar-refractivity contribution in [2.45, 2.75) is 32.2 Å². The largest absolute Gasteiger partial charge is 0.462 e. The van der Waals surface area contributed by atoms with Crippen LogP contribution in [0.1, 0.15) is 36.5 Å². The normalized spacial score (nSPS) is 18.4. The van der Waals surface area contributed by atoms with Crippen LogP contribution >= 0.6 is 0 Å². The van der Waals surface area contributed by atoms with E-state index in [-0.39, 0.29) is 17.9 Å². The second kappa shape index (κ2) is 7.05. The Kier molecular flexibility index (Phi) is 5.12. The number of benzene rings is 1. The Morgan fingerprint density at radius 2 is 2.05 bits per heavy atom. The number of nitrogens with one attached hydrogen (secondary N) is 2. The fraction of sp³-hybridized carbons (Fsp3) is 0.467. The van der Waals surface area contributed by atoms with E-state index in [0.717, 1.165) is 25.8 Å². The summed E-state index contributed by atoms with van der Waals surface area (Å²) in [5, 5.41) is 6.06. The van der Waals surface area contributed by atoms with Crippen LogP contribution in [0.2, 0.25) is 0 Å². The van der Waals surface area contributed by atoms with Gasteiger partial charge in [-0.15, -0.1) is 0 Å². The number of carbonyl (C=O) groups is 2. The highest BCUT2D eigenvalue weighted by molar-refractivity contribution is 5.95. The van der Waals surface area contributed by atoms with Gasteiger partial charge < -0.3 is 15.4 Å². The lowest BCUT2D eigenvalue weighted by Gasteiger charge is -2.22. The van der Waals surface area contributed by atoms with E-state index in [0.29, 0.717) is 17.9 Å². The lowest BCUT2D eigenvalue weighted by molar-refractivity contribution is -0.118. The Morgan fingerprint density at radius 1 is 1.30 bits per heavy atom. The van der Waals surface area contributed by atoms with Gasteiger partial charge in [0.05, 0.1) is 18.2 Å². The lowest BCUT2D eigenvalue weighted by atomic mass is 10.0. The van der Waals surface area contributed by atoms with Crippen molar-refractivity contribution in [1.29, 1.82) is 0 Å². The monoisotopic (exact) mass is 276 g/mol. The van der Waals surface area contributed by atoms with Gasteiger partial charge in [0.2, 0.25) is 5.91 Å². The van der Waals surface area contributed by atoms with Gasteiger partial charge in [-0.2, -0.15) is 0 Å². The van der Waals surface area contributed by atoms with Gasteiger partial charge in [-0.25, -0.2) is 4.79 Å². The number of hydrogen-bond acceptors (Lipinski definition) is 4. The molecule has 5 heteroatoms. The molecule has 1 aliphatic rings. The first-order valence-corrected chi connectivity index (χ1v) is 7.02. The molecule has 0 saturated carbocycles. The molecule has 0 spiro atoms. The van der Waals surface area contributed by atoms with E-state index in [1.54, 1.807) is 31.2 Å². The molecule has 1 aliphatic heterocycles. The summed E-state index contributed by atoms with van der Waals surface area (Å²) in [6, 6.07) is 6.62. The number of piperidine rings is 1. The first-order valence-electron chi connectivity index (χ1n) is 7.02. The van der Waals surface area contributed by atoms with E-state index >= 15 is 0 Å². The molecule has 20 heavy (non-hydrogen) atoms. The molecule has 1 aromatic carbocycles. The predicted molar refractivity (Wildman–Crippen MR) is 76.7 cm³/mol. The third kappa shape index (κ3) is 3.81. The molecule has 0 radical (unpaired) electrons. The molecular weight excluding hydrogens is 256 g/mol. The number of amides is 1. The van der Waals surface area contributed by atoms with Crippen LogP contribution in [-0.4, -0.2) is 31.1 Å². The van der Waals surface area contributed by atoms with Crippen molar-refractivity contribution in [2.75, 3.05) is 18.5 Å². The highest BCUT2D eigenvalue weighted by Gasteiger charge is 2.20. The summed E-state index contributed by atoms with van der Waals surface area (Å²) >= 11 is 0. The van der Waals surface area contributed by atoms with Gasteiger partial charge in [0.25, 0.3) is 0 Å². The molecule has 2 rings (SSSR count). The molecule has 0 unspecified atom stereocenters. The Balaban J connectivity index is 1.92. The molecule has 1 heterocycles. The van der Waals surface area contributed by atoms with Crippen molar-refractivity contribution >= 4 is 17.6 Å². The minimum atomic E-state index is -0.348. The Bertz CT molecular complexity index is 465. The number of anilines is 1. The third-order valence-electron chi connectivity index (χ3n) is 3.29. The minimum Gasteiger partial charge on any atom is -0.462 e. The number of hydrogen-bond donors (Lipinski definition) is 2. The summed E-state index contributed by atoms with van der Waals surface area (Å²) < 4.78 is 4.91. The van der Waals surface area contributed by atoms with Gasteiger partial charge in [-0.1, -0.05) is 6.42 Å². The molecule has 0 aliphatic carbocycles. The predicted octanol–water partition coefficient (Wildman–Crippen LogP) is 1.94. The molecule has 2 N–H and O–H groups in total. The molecule has 5 nitrogen and oxygen atoms in total. The van der Waals surface area contributed by atoms with Gasteiger partial charge >= 0.3 is 5.97 Å². The van der Waals surface area contributed by atoms with Gasteiger partial charge in [-0.05, 0) is 50.6 Å². The first kappa shape index (κ1) is 14.5. The topological polar surface area (TPSA) is 67.4 Å². The van der Waals surface area contributed by atoms with Gasteiger partial charge in [0.1, 0.15) is 0 Å². The molecule has 0 aromatic heterocycles. The number of carbonyl (C=O) groups excluding carboxylic acids is 2. The Labute approximate surface area is 118 Å². The second-order valence-corrected chi connectivity index (χ2v) is 4.79. The molecular formula is C15H20N2O3. The maximum atomic E-state index is 12.0. The fourth-order valence-corrected chi connectivity index (χ4v) is 2.21. The summed E-state index contributed by atoms with van der Waals surface area (Å²) in [7, 11) is 0. The molecule has 1 fully saturated rings. The molecule has 108 valence electrons. The lowest BCUT2D eigenvalue weighted by Crippen LogP contribution is -2.43. The maximum absolute atomic E-state index is 12.0. The van der Waals surface area contributed by atoms with Crippen LogP contribution in [0.3, 0.4) is 0 Å². The molecule has 1 aromatic rings. The Hall–Kier alpha value is -1.88. The summed E-state index contributed by atoms with van der Waals surface area (Å²) in [6.45, 7) is 3.01. The first-order chi connectivity index (χ1) is 9.70. The van der Waals surface area contributed by atoms with E-state index in [9.17, 15) is 9.59 Å². The summed E-state index contributed by atoms with van der Waals surface area (Å²) in [4.78, 5) is 23.5. The van der Waals surface area contributed by atoms with Crippen LogP contribution in [0, 0.1) is 0 Å². The van der Waals surface area contributed by atoms with Crippen LogP contribution in [0.25, 0.3) is 0 Å². The van der Waals surface area contributed by atoms with Crippen LogP contribution in [0.15, 0.2) is 24.3 Å². The summed E-state index contributed by atoms with van der Waals surface area (Å²) in [5.74, 6) is -0.368. The smallest absolute Gasteiger partial charge is 0.338 e. The standard InChI is InChI=1S/C15H20N2O3/c1-2-20-15(19)11-6-8-12(9-7-11)17-14(18)13-5-3-4-10-16-13/h6-9,13,16H,2-5,10H2,1H3,(H,17,18)/t13-/m0/s1. The third-order valence-corrected chi connectivity index (χ3v) is 3.29. The SMILES string of the molecule is CCOC(=O)c1ccc(NC(=O)[C@@H]2CCCCN2)cc1. The Morgan fingerprint density at radius 3 is 2.65 bits per heavy atom. The molecule has 1 saturated heterocycles. The summed E-state index contributed by atoms with van der Waals surface area (Å²) in [5.41, 5.74) is 1.18.